The minimum atomic E-state index is -1.20. The summed E-state index contributed by atoms with van der Waals surface area (Å²) in [5.41, 5.74) is -0.959. The fourth-order valence-electron chi connectivity index (χ4n) is 3.05. The van der Waals surface area contributed by atoms with Crippen molar-refractivity contribution < 1.29 is 14.7 Å². The van der Waals surface area contributed by atoms with Gasteiger partial charge in [0.05, 0.1) is 17.2 Å². The number of aliphatic carboxylic acids is 1. The number of nitrogens with one attached hydrogen (secondary N) is 1. The predicted octanol–water partition coefficient (Wildman–Crippen LogP) is 0.910. The zero-order chi connectivity index (χ0) is 16.4. The molecule has 0 spiro atoms. The molecule has 2 aromatic rings. The van der Waals surface area contributed by atoms with Crippen LogP contribution in [0.25, 0.3) is 10.9 Å². The summed E-state index contributed by atoms with van der Waals surface area (Å²) in [6.45, 7) is -0.244. The van der Waals surface area contributed by atoms with Crippen LogP contribution < -0.4 is 10.9 Å². The van der Waals surface area contributed by atoms with Crippen LogP contribution in [0.1, 0.15) is 25.7 Å². The van der Waals surface area contributed by atoms with E-state index in [0.717, 1.165) is 12.8 Å². The molecule has 0 atom stereocenters. The number of carboxylic acid groups (broad SMARTS) is 1. The summed E-state index contributed by atoms with van der Waals surface area (Å²) >= 11 is 0. The fourth-order valence-corrected chi connectivity index (χ4v) is 3.05. The van der Waals surface area contributed by atoms with Crippen molar-refractivity contribution in [2.24, 2.45) is 0 Å². The molecule has 3 rings (SSSR count). The average molecular weight is 315 g/mol. The Balaban J connectivity index is 1.82. The lowest BCUT2D eigenvalue weighted by Crippen LogP contribution is -2.53. The van der Waals surface area contributed by atoms with Crippen molar-refractivity contribution >= 4 is 22.8 Å². The third kappa shape index (κ3) is 2.81. The molecule has 1 aliphatic rings. The Morgan fingerprint density at radius 3 is 2.65 bits per heavy atom. The molecule has 1 saturated carbocycles. The van der Waals surface area contributed by atoms with Gasteiger partial charge in [0.25, 0.3) is 5.56 Å². The lowest BCUT2D eigenvalue weighted by molar-refractivity contribution is -0.147. The van der Waals surface area contributed by atoms with Gasteiger partial charge >= 0.3 is 5.97 Å². The normalized spacial score (nSPS) is 16.3. The monoisotopic (exact) mass is 315 g/mol. The Morgan fingerprint density at radius 2 is 1.96 bits per heavy atom. The zero-order valence-corrected chi connectivity index (χ0v) is 12.5. The van der Waals surface area contributed by atoms with E-state index < -0.39 is 17.4 Å². The maximum Gasteiger partial charge on any atom is 0.329 e. The summed E-state index contributed by atoms with van der Waals surface area (Å²) < 4.78 is 1.20. The highest BCUT2D eigenvalue weighted by Gasteiger charge is 2.42. The first-order valence-corrected chi connectivity index (χ1v) is 7.50. The predicted molar refractivity (Wildman–Crippen MR) is 83.0 cm³/mol. The van der Waals surface area contributed by atoms with E-state index in [1.165, 1.54) is 10.9 Å². The van der Waals surface area contributed by atoms with Crippen molar-refractivity contribution in [3.8, 4) is 0 Å². The summed E-state index contributed by atoms with van der Waals surface area (Å²) in [6, 6.07) is 6.88. The fraction of sp³-hybridized carbons (Fsp3) is 0.375. The standard InChI is InChI=1S/C16H17N3O4/c20-13(18-16(15(22)23)7-3-4-8-16)9-19-10-17-12-6-2-1-5-11(12)14(19)21/h1-2,5-6,10H,3-4,7-9H2,(H,18,20)(H,22,23). The second-order valence-corrected chi connectivity index (χ2v) is 5.84. The van der Waals surface area contributed by atoms with E-state index in [0.29, 0.717) is 23.7 Å². The largest absolute Gasteiger partial charge is 0.480 e. The molecule has 0 unspecified atom stereocenters. The van der Waals surface area contributed by atoms with Crippen LogP contribution >= 0.6 is 0 Å². The first kappa shape index (κ1) is 15.2. The zero-order valence-electron chi connectivity index (χ0n) is 12.5. The highest BCUT2D eigenvalue weighted by atomic mass is 16.4. The molecular formula is C16H17N3O4. The van der Waals surface area contributed by atoms with Gasteiger partial charge in [-0.1, -0.05) is 25.0 Å². The molecule has 0 bridgehead atoms. The number of hydrogen-bond donors (Lipinski definition) is 2. The van der Waals surface area contributed by atoms with Gasteiger partial charge in [0.2, 0.25) is 5.91 Å². The molecule has 1 fully saturated rings. The maximum absolute atomic E-state index is 12.3. The maximum atomic E-state index is 12.3. The van der Waals surface area contributed by atoms with Gasteiger partial charge in [-0.25, -0.2) is 9.78 Å². The Labute approximate surface area is 132 Å². The van der Waals surface area contributed by atoms with Gasteiger partial charge < -0.3 is 10.4 Å². The third-order valence-corrected chi connectivity index (χ3v) is 4.29. The molecule has 1 amide bonds. The van der Waals surface area contributed by atoms with E-state index in [1.54, 1.807) is 24.3 Å². The Morgan fingerprint density at radius 1 is 1.26 bits per heavy atom. The van der Waals surface area contributed by atoms with Crippen LogP contribution in [0, 0.1) is 0 Å². The molecule has 0 radical (unpaired) electrons. The Kier molecular flexibility index (Phi) is 3.85. The van der Waals surface area contributed by atoms with E-state index in [1.807, 2.05) is 0 Å². The van der Waals surface area contributed by atoms with E-state index >= 15 is 0 Å². The molecule has 7 nitrogen and oxygen atoms in total. The number of para-hydroxylation sites is 1. The second kappa shape index (κ2) is 5.83. The quantitative estimate of drug-likeness (QED) is 0.873. The number of amides is 1. The molecule has 7 heteroatoms. The Bertz CT molecular complexity index is 821. The van der Waals surface area contributed by atoms with Crippen molar-refractivity contribution in [1.82, 2.24) is 14.9 Å². The number of fused-ring (bicyclic) bond motifs is 1. The van der Waals surface area contributed by atoms with Gasteiger partial charge in [0.15, 0.2) is 0 Å². The number of carboxylic acids is 1. The van der Waals surface area contributed by atoms with E-state index in [9.17, 15) is 19.5 Å². The number of aromatic nitrogens is 2. The van der Waals surface area contributed by atoms with Gasteiger partial charge in [-0.2, -0.15) is 0 Å². The van der Waals surface area contributed by atoms with Crippen LogP contribution in [0.5, 0.6) is 0 Å². The topological polar surface area (TPSA) is 101 Å². The molecule has 2 N–H and O–H groups in total. The van der Waals surface area contributed by atoms with Gasteiger partial charge in [-0.05, 0) is 25.0 Å². The summed E-state index contributed by atoms with van der Waals surface area (Å²) in [7, 11) is 0. The minimum Gasteiger partial charge on any atom is -0.480 e. The minimum absolute atomic E-state index is 0.244. The smallest absolute Gasteiger partial charge is 0.329 e. The molecule has 1 aromatic heterocycles. The molecule has 1 aromatic carbocycles. The van der Waals surface area contributed by atoms with Gasteiger partial charge in [-0.3, -0.25) is 14.2 Å². The number of benzene rings is 1. The van der Waals surface area contributed by atoms with Crippen molar-refractivity contribution in [3.05, 3.63) is 40.9 Å². The molecule has 120 valence electrons. The van der Waals surface area contributed by atoms with Crippen LogP contribution in [0.4, 0.5) is 0 Å². The van der Waals surface area contributed by atoms with E-state index in [4.69, 9.17) is 0 Å². The summed E-state index contributed by atoms with van der Waals surface area (Å²) in [6.07, 6.45) is 3.68. The van der Waals surface area contributed by atoms with E-state index in [2.05, 4.69) is 10.3 Å². The summed E-state index contributed by atoms with van der Waals surface area (Å²) in [4.78, 5) is 40.1. The van der Waals surface area contributed by atoms with Crippen LogP contribution in [0.2, 0.25) is 0 Å². The lowest BCUT2D eigenvalue weighted by atomic mass is 9.98. The summed E-state index contributed by atoms with van der Waals surface area (Å²) in [5, 5.41) is 12.4. The van der Waals surface area contributed by atoms with Crippen molar-refractivity contribution in [1.29, 1.82) is 0 Å². The highest BCUT2D eigenvalue weighted by Crippen LogP contribution is 2.29. The van der Waals surface area contributed by atoms with Crippen LogP contribution in [-0.4, -0.2) is 32.1 Å². The summed E-state index contributed by atoms with van der Waals surface area (Å²) in [5.74, 6) is -1.51. The highest BCUT2D eigenvalue weighted by molar-refractivity contribution is 5.87. The molecule has 0 aliphatic heterocycles. The van der Waals surface area contributed by atoms with Gasteiger partial charge in [-0.15, -0.1) is 0 Å². The lowest BCUT2D eigenvalue weighted by Gasteiger charge is -2.25. The van der Waals surface area contributed by atoms with Crippen LogP contribution in [0.15, 0.2) is 35.4 Å². The molecule has 23 heavy (non-hydrogen) atoms. The third-order valence-electron chi connectivity index (χ3n) is 4.29. The van der Waals surface area contributed by atoms with Crippen molar-refractivity contribution in [2.75, 3.05) is 0 Å². The molecular weight excluding hydrogens is 298 g/mol. The number of hydrogen-bond acceptors (Lipinski definition) is 4. The molecule has 0 saturated heterocycles. The van der Waals surface area contributed by atoms with Crippen molar-refractivity contribution in [3.63, 3.8) is 0 Å². The number of carbonyl (C=O) groups is 2. The Hall–Kier alpha value is -2.70. The van der Waals surface area contributed by atoms with Gasteiger partial charge in [0, 0.05) is 0 Å². The SMILES string of the molecule is O=C(Cn1cnc2ccccc2c1=O)NC1(C(=O)O)CCCC1. The number of nitrogens with zero attached hydrogens (tertiary/aromatic N) is 2. The average Bonchev–Trinajstić information content (AvgIpc) is 3.00. The van der Waals surface area contributed by atoms with E-state index in [-0.39, 0.29) is 12.1 Å². The van der Waals surface area contributed by atoms with Gasteiger partial charge in [0.1, 0.15) is 12.1 Å². The van der Waals surface area contributed by atoms with Crippen LogP contribution in [-0.2, 0) is 16.1 Å². The number of carbonyl (C=O) groups excluding carboxylic acids is 1. The first-order chi connectivity index (χ1) is 11.0. The second-order valence-electron chi connectivity index (χ2n) is 5.84. The first-order valence-electron chi connectivity index (χ1n) is 7.50. The van der Waals surface area contributed by atoms with Crippen molar-refractivity contribution in [2.45, 2.75) is 37.8 Å². The molecule has 1 aliphatic carbocycles. The number of rotatable bonds is 4. The molecule has 1 heterocycles. The van der Waals surface area contributed by atoms with Crippen LogP contribution in [0.3, 0.4) is 0 Å².